The number of nitrogens with zero attached hydrogens (tertiary/aromatic N) is 1. The van der Waals surface area contributed by atoms with Crippen LogP contribution in [0.2, 0.25) is 5.02 Å². The highest BCUT2D eigenvalue weighted by Gasteiger charge is 2.27. The lowest BCUT2D eigenvalue weighted by Crippen LogP contribution is -2.29. The molecule has 29 heavy (non-hydrogen) atoms. The van der Waals surface area contributed by atoms with Crippen LogP contribution in [-0.2, 0) is 10.0 Å². The number of halogens is 1. The van der Waals surface area contributed by atoms with Gasteiger partial charge in [0.05, 0.1) is 16.1 Å². The molecule has 0 radical (unpaired) electrons. The third-order valence-electron chi connectivity index (χ3n) is 4.52. The van der Waals surface area contributed by atoms with E-state index in [1.54, 1.807) is 23.1 Å². The van der Waals surface area contributed by atoms with E-state index in [9.17, 15) is 13.2 Å². The molecule has 0 aliphatic carbocycles. The molecule has 1 N–H and O–H groups in total. The van der Waals surface area contributed by atoms with E-state index in [1.165, 1.54) is 30.3 Å². The van der Waals surface area contributed by atoms with Crippen molar-refractivity contribution in [3.05, 3.63) is 77.3 Å². The van der Waals surface area contributed by atoms with E-state index in [4.69, 9.17) is 16.3 Å². The van der Waals surface area contributed by atoms with Gasteiger partial charge in [-0.1, -0.05) is 23.7 Å². The Balaban J connectivity index is 1.71. The summed E-state index contributed by atoms with van der Waals surface area (Å²) in [5, 5.41) is 0.441. The summed E-state index contributed by atoms with van der Waals surface area (Å²) in [5.74, 6) is 0.670. The van der Waals surface area contributed by atoms with Crippen LogP contribution in [0.5, 0.6) is 11.5 Å². The summed E-state index contributed by atoms with van der Waals surface area (Å²) in [6.45, 7) is 2.31. The predicted molar refractivity (Wildman–Crippen MR) is 113 cm³/mol. The van der Waals surface area contributed by atoms with Gasteiger partial charge in [-0.3, -0.25) is 9.52 Å². The smallest absolute Gasteiger partial charge is 0.262 e. The van der Waals surface area contributed by atoms with Crippen LogP contribution in [0.3, 0.4) is 0 Å². The molecule has 3 aromatic rings. The second kappa shape index (κ2) is 7.42. The highest BCUT2D eigenvalue weighted by Crippen LogP contribution is 2.39. The zero-order valence-electron chi connectivity index (χ0n) is 15.4. The summed E-state index contributed by atoms with van der Waals surface area (Å²) >= 11 is 5.83. The van der Waals surface area contributed by atoms with Crippen molar-refractivity contribution in [2.24, 2.45) is 0 Å². The van der Waals surface area contributed by atoms with Crippen LogP contribution in [-0.4, -0.2) is 20.9 Å². The Morgan fingerprint density at radius 1 is 1.00 bits per heavy atom. The minimum absolute atomic E-state index is 0.0713. The highest BCUT2D eigenvalue weighted by molar-refractivity contribution is 7.92. The minimum atomic E-state index is -3.83. The van der Waals surface area contributed by atoms with E-state index >= 15 is 0 Å². The lowest BCUT2D eigenvalue weighted by molar-refractivity contribution is 0.0988. The summed E-state index contributed by atoms with van der Waals surface area (Å²) in [6, 6.07) is 17.7. The second-order valence-corrected chi connectivity index (χ2v) is 8.51. The third-order valence-corrected chi connectivity index (χ3v) is 6.17. The molecule has 6 nitrogen and oxygen atoms in total. The molecular weight excluding hydrogens is 412 g/mol. The van der Waals surface area contributed by atoms with Crippen molar-refractivity contribution in [1.82, 2.24) is 0 Å². The molecular formula is C21H17ClN2O4S. The van der Waals surface area contributed by atoms with Crippen molar-refractivity contribution in [3.8, 4) is 11.5 Å². The van der Waals surface area contributed by atoms with Crippen LogP contribution in [0.1, 0.15) is 17.3 Å². The zero-order chi connectivity index (χ0) is 20.6. The molecule has 1 aliphatic rings. The topological polar surface area (TPSA) is 75.7 Å². The van der Waals surface area contributed by atoms with Crippen molar-refractivity contribution in [3.63, 3.8) is 0 Å². The van der Waals surface area contributed by atoms with Crippen molar-refractivity contribution in [2.45, 2.75) is 11.8 Å². The standard InChI is InChI=1S/C21H17ClN2O4S/c1-2-24-18-5-3-4-6-20(18)28-19-12-9-15(13-17(19)21(24)25)23-29(26,27)16-10-7-14(22)8-11-16/h3-13,23H,2H2,1H3. The normalized spacial score (nSPS) is 13.2. The number of hydrogen-bond acceptors (Lipinski definition) is 4. The van der Waals surface area contributed by atoms with Gasteiger partial charge in [0.25, 0.3) is 15.9 Å². The Kier molecular flexibility index (Phi) is 4.94. The Morgan fingerprint density at radius 3 is 2.45 bits per heavy atom. The zero-order valence-corrected chi connectivity index (χ0v) is 17.0. The Bertz CT molecular complexity index is 1190. The minimum Gasteiger partial charge on any atom is -0.454 e. The molecule has 1 amide bonds. The number of ether oxygens (including phenoxy) is 1. The molecule has 4 rings (SSSR count). The van der Waals surface area contributed by atoms with Gasteiger partial charge in [-0.05, 0) is 61.5 Å². The van der Waals surface area contributed by atoms with E-state index in [1.807, 2.05) is 25.1 Å². The number of anilines is 2. The first kappa shape index (κ1) is 19.3. The molecule has 0 aromatic heterocycles. The molecule has 1 heterocycles. The van der Waals surface area contributed by atoms with Crippen molar-refractivity contribution in [2.75, 3.05) is 16.2 Å². The molecule has 0 unspecified atom stereocenters. The molecule has 8 heteroatoms. The van der Waals surface area contributed by atoms with Crippen molar-refractivity contribution < 1.29 is 17.9 Å². The van der Waals surface area contributed by atoms with E-state index in [0.29, 0.717) is 28.8 Å². The molecule has 3 aromatic carbocycles. The maximum Gasteiger partial charge on any atom is 0.262 e. The number of nitrogens with one attached hydrogen (secondary N) is 1. The van der Waals surface area contributed by atoms with Gasteiger partial charge < -0.3 is 9.64 Å². The van der Waals surface area contributed by atoms with Crippen LogP contribution >= 0.6 is 11.6 Å². The van der Waals surface area contributed by atoms with Crippen LogP contribution in [0.15, 0.2) is 71.6 Å². The first-order valence-electron chi connectivity index (χ1n) is 8.90. The molecule has 0 saturated heterocycles. The lowest BCUT2D eigenvalue weighted by atomic mass is 10.1. The summed E-state index contributed by atoms with van der Waals surface area (Å²) in [6.07, 6.45) is 0. The fourth-order valence-electron chi connectivity index (χ4n) is 3.13. The summed E-state index contributed by atoms with van der Waals surface area (Å²) in [5.41, 5.74) is 1.21. The van der Waals surface area contributed by atoms with Crippen molar-refractivity contribution in [1.29, 1.82) is 0 Å². The van der Waals surface area contributed by atoms with Gasteiger partial charge in [-0.2, -0.15) is 0 Å². The monoisotopic (exact) mass is 428 g/mol. The first-order valence-corrected chi connectivity index (χ1v) is 10.8. The van der Waals surface area contributed by atoms with E-state index in [2.05, 4.69) is 4.72 Å². The quantitative estimate of drug-likeness (QED) is 0.640. The average Bonchev–Trinajstić information content (AvgIpc) is 2.82. The van der Waals surface area contributed by atoms with Crippen LogP contribution in [0, 0.1) is 0 Å². The van der Waals surface area contributed by atoms with Crippen LogP contribution < -0.4 is 14.4 Å². The Morgan fingerprint density at radius 2 is 1.72 bits per heavy atom. The highest BCUT2D eigenvalue weighted by atomic mass is 35.5. The van der Waals surface area contributed by atoms with E-state index < -0.39 is 10.0 Å². The number of fused-ring (bicyclic) bond motifs is 2. The van der Waals surface area contributed by atoms with E-state index in [0.717, 1.165) is 0 Å². The van der Waals surface area contributed by atoms with Crippen LogP contribution in [0.4, 0.5) is 11.4 Å². The van der Waals surface area contributed by atoms with Gasteiger partial charge in [-0.25, -0.2) is 8.42 Å². The molecule has 0 fully saturated rings. The van der Waals surface area contributed by atoms with Gasteiger partial charge in [0.1, 0.15) is 5.75 Å². The van der Waals surface area contributed by atoms with Gasteiger partial charge in [0, 0.05) is 17.3 Å². The first-order chi connectivity index (χ1) is 13.9. The number of hydrogen-bond donors (Lipinski definition) is 1. The Hall–Kier alpha value is -3.03. The van der Waals surface area contributed by atoms with Gasteiger partial charge in [0.15, 0.2) is 5.75 Å². The molecule has 0 bridgehead atoms. The largest absolute Gasteiger partial charge is 0.454 e. The number of sulfonamides is 1. The van der Waals surface area contributed by atoms with Crippen LogP contribution in [0.25, 0.3) is 0 Å². The summed E-state index contributed by atoms with van der Waals surface area (Å²) < 4.78 is 33.7. The summed E-state index contributed by atoms with van der Waals surface area (Å²) in [7, 11) is -3.83. The molecule has 0 spiro atoms. The number of para-hydroxylation sites is 2. The molecule has 0 atom stereocenters. The maximum atomic E-state index is 13.1. The molecule has 1 aliphatic heterocycles. The van der Waals surface area contributed by atoms with Gasteiger partial charge in [-0.15, -0.1) is 0 Å². The number of rotatable bonds is 4. The SMILES string of the molecule is CCN1C(=O)c2cc(NS(=O)(=O)c3ccc(Cl)cc3)ccc2Oc2ccccc21. The Labute approximate surface area is 173 Å². The lowest BCUT2D eigenvalue weighted by Gasteiger charge is -2.19. The average molecular weight is 429 g/mol. The summed E-state index contributed by atoms with van der Waals surface area (Å²) in [4.78, 5) is 14.8. The van der Waals surface area contributed by atoms with Crippen molar-refractivity contribution >= 4 is 38.9 Å². The molecule has 0 saturated carbocycles. The number of amides is 1. The fraction of sp³-hybridized carbons (Fsp3) is 0.0952. The van der Waals surface area contributed by atoms with E-state index in [-0.39, 0.29) is 22.1 Å². The third kappa shape index (κ3) is 3.66. The van der Waals surface area contributed by atoms with Gasteiger partial charge in [0.2, 0.25) is 0 Å². The maximum absolute atomic E-state index is 13.1. The number of benzene rings is 3. The van der Waals surface area contributed by atoms with Gasteiger partial charge >= 0.3 is 0 Å². The molecule has 148 valence electrons. The number of carbonyl (C=O) groups excluding carboxylic acids is 1. The fourth-order valence-corrected chi connectivity index (χ4v) is 4.31. The second-order valence-electron chi connectivity index (χ2n) is 6.39. The number of carbonyl (C=O) groups is 1. The predicted octanol–water partition coefficient (Wildman–Crippen LogP) is 4.91.